The minimum Gasteiger partial charge on any atom is -0.356 e. The highest BCUT2D eigenvalue weighted by Crippen LogP contribution is 2.19. The summed E-state index contributed by atoms with van der Waals surface area (Å²) in [6, 6.07) is 9.91. The molecule has 1 heterocycles. The lowest BCUT2D eigenvalue weighted by atomic mass is 9.97. The summed E-state index contributed by atoms with van der Waals surface area (Å²) in [5.41, 5.74) is 1.07. The highest BCUT2D eigenvalue weighted by Gasteiger charge is 2.26. The van der Waals surface area contributed by atoms with Crippen LogP contribution in [0.3, 0.4) is 0 Å². The third-order valence-corrected chi connectivity index (χ3v) is 6.83. The number of nitrogens with zero attached hydrogens (tertiary/aromatic N) is 3. The standard InChI is InChI=1S/C22H36N4O4S/c1-24(2)16-17-25(18-19-8-5-4-6-9-19)22(28)20-10-7-14-26(31(3,29)30)15-12-21(27)23-13-11-20/h4-6,8-9,20H,7,10-18H2,1-3H3,(H,23,27). The summed E-state index contributed by atoms with van der Waals surface area (Å²) < 4.78 is 25.4. The summed E-state index contributed by atoms with van der Waals surface area (Å²) in [6.07, 6.45) is 3.03. The number of nitrogens with one attached hydrogen (secondary N) is 1. The Labute approximate surface area is 186 Å². The van der Waals surface area contributed by atoms with Crippen molar-refractivity contribution in [2.45, 2.75) is 32.2 Å². The van der Waals surface area contributed by atoms with E-state index in [4.69, 9.17) is 0 Å². The molecule has 0 aliphatic carbocycles. The molecule has 2 amide bonds. The summed E-state index contributed by atoms with van der Waals surface area (Å²) in [7, 11) is 0.570. The molecule has 1 N–H and O–H groups in total. The van der Waals surface area contributed by atoms with Crippen molar-refractivity contribution in [2.75, 3.05) is 53.1 Å². The number of likely N-dealkylation sites (N-methyl/N-ethyl adjacent to an activating group) is 1. The maximum Gasteiger partial charge on any atom is 0.226 e. The molecule has 1 aromatic rings. The molecule has 1 saturated heterocycles. The Morgan fingerprint density at radius 3 is 2.48 bits per heavy atom. The van der Waals surface area contributed by atoms with Crippen molar-refractivity contribution in [3.8, 4) is 0 Å². The topological polar surface area (TPSA) is 90.0 Å². The monoisotopic (exact) mass is 452 g/mol. The van der Waals surface area contributed by atoms with Crippen LogP contribution in [0.2, 0.25) is 0 Å². The lowest BCUT2D eigenvalue weighted by molar-refractivity contribution is -0.137. The van der Waals surface area contributed by atoms with Crippen LogP contribution in [-0.2, 0) is 26.2 Å². The largest absolute Gasteiger partial charge is 0.356 e. The summed E-state index contributed by atoms with van der Waals surface area (Å²) in [6.45, 7) is 2.81. The first-order valence-corrected chi connectivity index (χ1v) is 12.7. The molecule has 0 aromatic heterocycles. The Kier molecular flexibility index (Phi) is 9.93. The second kappa shape index (κ2) is 12.2. The first-order valence-electron chi connectivity index (χ1n) is 10.9. The molecule has 1 fully saturated rings. The molecule has 0 spiro atoms. The van der Waals surface area contributed by atoms with Crippen LogP contribution in [0.1, 0.15) is 31.2 Å². The average molecular weight is 453 g/mol. The van der Waals surface area contributed by atoms with Gasteiger partial charge in [-0.2, -0.15) is 0 Å². The van der Waals surface area contributed by atoms with E-state index in [0.717, 1.165) is 18.4 Å². The lowest BCUT2D eigenvalue weighted by Gasteiger charge is -2.29. The molecular formula is C22H36N4O4S. The fourth-order valence-corrected chi connectivity index (χ4v) is 4.58. The number of hydrogen-bond donors (Lipinski definition) is 1. The van der Waals surface area contributed by atoms with Gasteiger partial charge in [-0.15, -0.1) is 0 Å². The van der Waals surface area contributed by atoms with E-state index in [1.54, 1.807) is 0 Å². The van der Waals surface area contributed by atoms with Crippen molar-refractivity contribution in [2.24, 2.45) is 5.92 Å². The van der Waals surface area contributed by atoms with Gasteiger partial charge in [0.2, 0.25) is 21.8 Å². The van der Waals surface area contributed by atoms with Crippen LogP contribution >= 0.6 is 0 Å². The van der Waals surface area contributed by atoms with E-state index in [0.29, 0.717) is 45.4 Å². The first-order chi connectivity index (χ1) is 14.7. The second-order valence-corrected chi connectivity index (χ2v) is 10.4. The van der Waals surface area contributed by atoms with Crippen molar-refractivity contribution in [3.63, 3.8) is 0 Å². The average Bonchev–Trinajstić information content (AvgIpc) is 2.75. The van der Waals surface area contributed by atoms with Crippen molar-refractivity contribution in [1.29, 1.82) is 0 Å². The quantitative estimate of drug-likeness (QED) is 0.670. The van der Waals surface area contributed by atoms with E-state index in [1.165, 1.54) is 4.31 Å². The Morgan fingerprint density at radius 1 is 1.13 bits per heavy atom. The summed E-state index contributed by atoms with van der Waals surface area (Å²) in [4.78, 5) is 29.5. The molecule has 0 saturated carbocycles. The van der Waals surface area contributed by atoms with Gasteiger partial charge in [0, 0.05) is 51.6 Å². The summed E-state index contributed by atoms with van der Waals surface area (Å²) >= 11 is 0. The zero-order valence-electron chi connectivity index (χ0n) is 18.9. The molecule has 0 radical (unpaired) electrons. The number of benzene rings is 1. The molecule has 1 aliphatic rings. The van der Waals surface area contributed by atoms with E-state index in [2.05, 4.69) is 5.32 Å². The highest BCUT2D eigenvalue weighted by atomic mass is 32.2. The van der Waals surface area contributed by atoms with E-state index in [1.807, 2.05) is 54.2 Å². The molecule has 1 unspecified atom stereocenters. The molecule has 1 aromatic carbocycles. The molecule has 174 valence electrons. The molecule has 1 atom stereocenters. The van der Waals surface area contributed by atoms with Gasteiger partial charge in [0.05, 0.1) is 6.26 Å². The van der Waals surface area contributed by atoms with Gasteiger partial charge in [0.15, 0.2) is 0 Å². The molecule has 31 heavy (non-hydrogen) atoms. The molecule has 2 rings (SSSR count). The third kappa shape index (κ3) is 8.96. The summed E-state index contributed by atoms with van der Waals surface area (Å²) in [5.74, 6) is -0.383. The smallest absolute Gasteiger partial charge is 0.226 e. The van der Waals surface area contributed by atoms with Crippen LogP contribution < -0.4 is 5.32 Å². The van der Waals surface area contributed by atoms with Gasteiger partial charge in [-0.25, -0.2) is 12.7 Å². The van der Waals surface area contributed by atoms with Crippen LogP contribution in [0.15, 0.2) is 30.3 Å². The fraction of sp³-hybridized carbons (Fsp3) is 0.636. The predicted molar refractivity (Wildman–Crippen MR) is 122 cm³/mol. The van der Waals surface area contributed by atoms with Crippen molar-refractivity contribution < 1.29 is 18.0 Å². The maximum absolute atomic E-state index is 13.5. The number of amides is 2. The number of hydrogen-bond acceptors (Lipinski definition) is 5. The Balaban J connectivity index is 2.14. The van der Waals surface area contributed by atoms with Crippen molar-refractivity contribution in [3.05, 3.63) is 35.9 Å². The Morgan fingerprint density at radius 2 is 1.84 bits per heavy atom. The van der Waals surface area contributed by atoms with Gasteiger partial charge < -0.3 is 15.1 Å². The van der Waals surface area contributed by atoms with Crippen molar-refractivity contribution in [1.82, 2.24) is 19.4 Å². The minimum atomic E-state index is -3.39. The van der Waals surface area contributed by atoms with Gasteiger partial charge in [-0.3, -0.25) is 9.59 Å². The fourth-order valence-electron chi connectivity index (χ4n) is 3.70. The zero-order valence-corrected chi connectivity index (χ0v) is 19.7. The molecule has 0 bridgehead atoms. The molecule has 8 nitrogen and oxygen atoms in total. The van der Waals surface area contributed by atoms with Crippen LogP contribution in [0, 0.1) is 5.92 Å². The molecule has 9 heteroatoms. The number of rotatable bonds is 7. The lowest BCUT2D eigenvalue weighted by Crippen LogP contribution is -2.41. The van der Waals surface area contributed by atoms with Crippen LogP contribution in [-0.4, -0.2) is 87.4 Å². The van der Waals surface area contributed by atoms with Gasteiger partial charge in [-0.1, -0.05) is 30.3 Å². The van der Waals surface area contributed by atoms with Gasteiger partial charge in [0.1, 0.15) is 0 Å². The second-order valence-electron chi connectivity index (χ2n) is 8.44. The van der Waals surface area contributed by atoms with E-state index < -0.39 is 10.0 Å². The zero-order chi connectivity index (χ0) is 22.9. The Hall–Kier alpha value is -1.97. The van der Waals surface area contributed by atoms with Crippen LogP contribution in [0.25, 0.3) is 0 Å². The number of carbonyl (C=O) groups excluding carboxylic acids is 2. The first kappa shape index (κ1) is 25.3. The van der Waals surface area contributed by atoms with E-state index in [-0.39, 0.29) is 30.7 Å². The van der Waals surface area contributed by atoms with Gasteiger partial charge in [0.25, 0.3) is 0 Å². The number of sulfonamides is 1. The van der Waals surface area contributed by atoms with E-state index in [9.17, 15) is 18.0 Å². The summed E-state index contributed by atoms with van der Waals surface area (Å²) in [5, 5.41) is 2.84. The third-order valence-electron chi connectivity index (χ3n) is 5.53. The van der Waals surface area contributed by atoms with Crippen molar-refractivity contribution >= 4 is 21.8 Å². The maximum atomic E-state index is 13.5. The normalized spacial score (nSPS) is 19.5. The SMILES string of the molecule is CN(C)CCN(Cc1ccccc1)C(=O)C1CCCN(S(C)(=O)=O)CCC(=O)NCC1. The van der Waals surface area contributed by atoms with Gasteiger partial charge in [-0.05, 0) is 38.9 Å². The predicted octanol–water partition coefficient (Wildman–Crippen LogP) is 1.14. The molecular weight excluding hydrogens is 416 g/mol. The highest BCUT2D eigenvalue weighted by molar-refractivity contribution is 7.88. The number of carbonyl (C=O) groups is 2. The van der Waals surface area contributed by atoms with E-state index >= 15 is 0 Å². The van der Waals surface area contributed by atoms with Crippen LogP contribution in [0.4, 0.5) is 0 Å². The Bertz CT molecular complexity index is 814. The minimum absolute atomic E-state index is 0.0603. The molecule has 1 aliphatic heterocycles. The van der Waals surface area contributed by atoms with Gasteiger partial charge >= 0.3 is 0 Å². The van der Waals surface area contributed by atoms with Crippen LogP contribution in [0.5, 0.6) is 0 Å².